The first-order valence-electron chi connectivity index (χ1n) is 9.58. The molecule has 0 spiro atoms. The second-order valence-electron chi connectivity index (χ2n) is 7.05. The van der Waals surface area contributed by atoms with Gasteiger partial charge in [0.1, 0.15) is 5.75 Å². The van der Waals surface area contributed by atoms with Crippen LogP contribution in [-0.2, 0) is 6.54 Å². The third kappa shape index (κ3) is 6.16. The Morgan fingerprint density at radius 2 is 2.04 bits per heavy atom. The molecular weight excluding hydrogens is 394 g/mol. The average Bonchev–Trinajstić information content (AvgIpc) is 2.65. The maximum absolute atomic E-state index is 9.48. The van der Waals surface area contributed by atoms with Gasteiger partial charge >= 0.3 is 0 Å². The van der Waals surface area contributed by atoms with Crippen molar-refractivity contribution in [1.29, 1.82) is 0 Å². The van der Waals surface area contributed by atoms with Crippen molar-refractivity contribution >= 4 is 21.9 Å². The zero-order valence-corrected chi connectivity index (χ0v) is 17.6. The summed E-state index contributed by atoms with van der Waals surface area (Å²) in [5.41, 5.74) is 1.32. The van der Waals surface area contributed by atoms with Gasteiger partial charge in [0.15, 0.2) is 5.96 Å². The molecule has 5 nitrogen and oxygen atoms in total. The molecule has 0 aliphatic heterocycles. The third-order valence-corrected chi connectivity index (χ3v) is 5.79. The fourth-order valence-electron chi connectivity index (χ4n) is 3.65. The van der Waals surface area contributed by atoms with E-state index in [-0.39, 0.29) is 12.0 Å². The van der Waals surface area contributed by atoms with Crippen LogP contribution in [0.3, 0.4) is 0 Å². The second-order valence-corrected chi connectivity index (χ2v) is 7.91. The van der Waals surface area contributed by atoms with Crippen LogP contribution in [0.15, 0.2) is 27.7 Å². The standard InChI is InChI=1S/C20H32BrN3O2/c1-3-22-19(23-14-16-7-8-18(26-2)17(21)13-16)24-15-20(11-12-25)9-5-4-6-10-20/h7-8,13,25H,3-6,9-12,14-15H2,1-2H3,(H2,22,23,24). The zero-order chi connectivity index (χ0) is 18.8. The minimum Gasteiger partial charge on any atom is -0.496 e. The minimum atomic E-state index is 0.201. The van der Waals surface area contributed by atoms with Gasteiger partial charge in [-0.05, 0) is 65.2 Å². The summed E-state index contributed by atoms with van der Waals surface area (Å²) >= 11 is 3.52. The van der Waals surface area contributed by atoms with Crippen LogP contribution in [0.2, 0.25) is 0 Å². The minimum absolute atomic E-state index is 0.201. The molecule has 0 atom stereocenters. The Morgan fingerprint density at radius 3 is 2.65 bits per heavy atom. The third-order valence-electron chi connectivity index (χ3n) is 5.17. The van der Waals surface area contributed by atoms with Crippen molar-refractivity contribution in [1.82, 2.24) is 10.6 Å². The quantitative estimate of drug-likeness (QED) is 0.437. The normalized spacial score (nSPS) is 17.0. The highest BCUT2D eigenvalue weighted by molar-refractivity contribution is 9.10. The molecule has 146 valence electrons. The van der Waals surface area contributed by atoms with Crippen molar-refractivity contribution in [3.05, 3.63) is 28.2 Å². The van der Waals surface area contributed by atoms with E-state index in [1.807, 2.05) is 18.2 Å². The van der Waals surface area contributed by atoms with E-state index in [1.165, 1.54) is 32.1 Å². The first-order chi connectivity index (χ1) is 12.6. The van der Waals surface area contributed by atoms with E-state index in [0.29, 0.717) is 6.54 Å². The van der Waals surface area contributed by atoms with E-state index in [9.17, 15) is 5.11 Å². The van der Waals surface area contributed by atoms with Crippen molar-refractivity contribution in [2.24, 2.45) is 10.4 Å². The number of methoxy groups -OCH3 is 1. The van der Waals surface area contributed by atoms with Gasteiger partial charge in [-0.25, -0.2) is 4.99 Å². The summed E-state index contributed by atoms with van der Waals surface area (Å²) in [5.74, 6) is 1.66. The molecule has 1 aliphatic rings. The van der Waals surface area contributed by atoms with Gasteiger partial charge in [0.2, 0.25) is 0 Å². The van der Waals surface area contributed by atoms with Gasteiger partial charge in [0.25, 0.3) is 0 Å². The number of ether oxygens (including phenoxy) is 1. The number of aliphatic hydroxyl groups is 1. The molecule has 3 N–H and O–H groups in total. The SMILES string of the molecule is CCNC(=NCc1ccc(OC)c(Br)c1)NCC1(CCO)CCCCC1. The number of guanidine groups is 1. The lowest BCUT2D eigenvalue weighted by molar-refractivity contribution is 0.131. The van der Waals surface area contributed by atoms with Crippen molar-refractivity contribution in [2.45, 2.75) is 52.0 Å². The molecular formula is C20H32BrN3O2. The Bertz CT molecular complexity index is 581. The topological polar surface area (TPSA) is 65.9 Å². The average molecular weight is 426 g/mol. The van der Waals surface area contributed by atoms with Crippen LogP contribution in [0.25, 0.3) is 0 Å². The number of hydrogen-bond acceptors (Lipinski definition) is 3. The number of halogens is 1. The number of aliphatic imine (C=N–C) groups is 1. The molecule has 1 aromatic rings. The van der Waals surface area contributed by atoms with Gasteiger partial charge in [-0.15, -0.1) is 0 Å². The Hall–Kier alpha value is -1.27. The molecule has 1 aromatic carbocycles. The highest BCUT2D eigenvalue weighted by atomic mass is 79.9. The van der Waals surface area contributed by atoms with Crippen LogP contribution in [0.4, 0.5) is 0 Å². The first kappa shape index (κ1) is 21.0. The molecule has 0 unspecified atom stereocenters. The molecule has 0 radical (unpaired) electrons. The van der Waals surface area contributed by atoms with Crippen LogP contribution in [0, 0.1) is 5.41 Å². The molecule has 0 amide bonds. The van der Waals surface area contributed by atoms with Gasteiger partial charge in [-0.1, -0.05) is 25.3 Å². The van der Waals surface area contributed by atoms with E-state index in [4.69, 9.17) is 9.73 Å². The number of benzene rings is 1. The molecule has 1 aliphatic carbocycles. The number of nitrogens with one attached hydrogen (secondary N) is 2. The molecule has 0 heterocycles. The summed E-state index contributed by atoms with van der Waals surface area (Å²) in [6, 6.07) is 6.03. The Labute approximate surface area is 165 Å². The summed E-state index contributed by atoms with van der Waals surface area (Å²) in [6.45, 7) is 4.63. The summed E-state index contributed by atoms with van der Waals surface area (Å²) in [5, 5.41) is 16.3. The summed E-state index contributed by atoms with van der Waals surface area (Å²) in [6.07, 6.45) is 7.07. The van der Waals surface area contributed by atoms with Crippen LogP contribution in [-0.4, -0.2) is 37.9 Å². The smallest absolute Gasteiger partial charge is 0.191 e. The maximum Gasteiger partial charge on any atom is 0.191 e. The monoisotopic (exact) mass is 425 g/mol. The van der Waals surface area contributed by atoms with Crippen molar-refractivity contribution in [2.75, 3.05) is 26.8 Å². The summed E-state index contributed by atoms with van der Waals surface area (Å²) in [4.78, 5) is 4.73. The number of rotatable bonds is 8. The number of nitrogens with zero attached hydrogens (tertiary/aromatic N) is 1. The molecule has 1 fully saturated rings. The van der Waals surface area contributed by atoms with E-state index in [1.54, 1.807) is 7.11 Å². The van der Waals surface area contributed by atoms with Gasteiger partial charge in [0, 0.05) is 19.7 Å². The van der Waals surface area contributed by atoms with E-state index >= 15 is 0 Å². The van der Waals surface area contributed by atoms with Crippen molar-refractivity contribution in [3.63, 3.8) is 0 Å². The van der Waals surface area contributed by atoms with Crippen LogP contribution >= 0.6 is 15.9 Å². The lowest BCUT2D eigenvalue weighted by Crippen LogP contribution is -2.44. The number of aliphatic hydroxyl groups excluding tert-OH is 1. The van der Waals surface area contributed by atoms with Gasteiger partial charge in [0.05, 0.1) is 18.1 Å². The Kier molecular flexibility index (Phi) is 8.72. The van der Waals surface area contributed by atoms with E-state index in [2.05, 4.69) is 33.5 Å². The van der Waals surface area contributed by atoms with Gasteiger partial charge in [-0.3, -0.25) is 0 Å². The molecule has 0 bridgehead atoms. The first-order valence-corrected chi connectivity index (χ1v) is 10.4. The van der Waals surface area contributed by atoms with Gasteiger partial charge in [-0.2, -0.15) is 0 Å². The molecule has 2 rings (SSSR count). The Morgan fingerprint density at radius 1 is 1.27 bits per heavy atom. The summed E-state index contributed by atoms with van der Waals surface area (Å²) < 4.78 is 6.22. The number of hydrogen-bond donors (Lipinski definition) is 3. The maximum atomic E-state index is 9.48. The fourth-order valence-corrected chi connectivity index (χ4v) is 4.23. The molecule has 1 saturated carbocycles. The van der Waals surface area contributed by atoms with Crippen LogP contribution in [0.1, 0.15) is 51.0 Å². The van der Waals surface area contributed by atoms with Crippen LogP contribution < -0.4 is 15.4 Å². The fraction of sp³-hybridized carbons (Fsp3) is 0.650. The molecule has 26 heavy (non-hydrogen) atoms. The second kappa shape index (κ2) is 10.8. The van der Waals surface area contributed by atoms with Crippen molar-refractivity contribution in [3.8, 4) is 5.75 Å². The van der Waals surface area contributed by atoms with Crippen molar-refractivity contribution < 1.29 is 9.84 Å². The predicted octanol–water partition coefficient (Wildman–Crippen LogP) is 3.85. The molecule has 6 heteroatoms. The summed E-state index contributed by atoms with van der Waals surface area (Å²) in [7, 11) is 1.67. The lowest BCUT2D eigenvalue weighted by Gasteiger charge is -2.37. The Balaban J connectivity index is 2.00. The van der Waals surface area contributed by atoms with E-state index < -0.39 is 0 Å². The van der Waals surface area contributed by atoms with E-state index in [0.717, 1.165) is 41.3 Å². The lowest BCUT2D eigenvalue weighted by atomic mass is 9.72. The molecule has 0 saturated heterocycles. The predicted molar refractivity (Wildman–Crippen MR) is 111 cm³/mol. The highest BCUT2D eigenvalue weighted by Gasteiger charge is 2.31. The largest absolute Gasteiger partial charge is 0.496 e. The highest BCUT2D eigenvalue weighted by Crippen LogP contribution is 2.38. The molecule has 0 aromatic heterocycles. The van der Waals surface area contributed by atoms with Crippen LogP contribution in [0.5, 0.6) is 5.75 Å². The van der Waals surface area contributed by atoms with Gasteiger partial charge < -0.3 is 20.5 Å². The zero-order valence-electron chi connectivity index (χ0n) is 16.0.